The zero-order chi connectivity index (χ0) is 14.5. The summed E-state index contributed by atoms with van der Waals surface area (Å²) in [6, 6.07) is -0.326. The molecule has 19 heavy (non-hydrogen) atoms. The number of alkyl halides is 6. The Morgan fingerprint density at radius 1 is 1.11 bits per heavy atom. The third kappa shape index (κ3) is 2.12. The van der Waals surface area contributed by atoms with Gasteiger partial charge in [-0.2, -0.15) is 26.3 Å². The van der Waals surface area contributed by atoms with Crippen LogP contribution in [0.3, 0.4) is 0 Å². The number of anilines is 1. The molecule has 10 heteroatoms. The Kier molecular flexibility index (Phi) is 2.94. The molecule has 0 radical (unpaired) electrons. The lowest BCUT2D eigenvalue weighted by atomic mass is 9.85. The van der Waals surface area contributed by atoms with Crippen molar-refractivity contribution in [1.29, 1.82) is 0 Å². The minimum absolute atomic E-state index is 0.0755. The molecule has 1 saturated heterocycles. The molecule has 0 aromatic carbocycles. The molecule has 1 aliphatic rings. The molecule has 0 aliphatic carbocycles. The third-order valence-electron chi connectivity index (χ3n) is 3.14. The summed E-state index contributed by atoms with van der Waals surface area (Å²) in [5.74, 6) is 0.0755. The topological polar surface area (TPSA) is 42.2 Å². The third-order valence-corrected chi connectivity index (χ3v) is 3.14. The number of aryl methyl sites for hydroxylation is 1. The van der Waals surface area contributed by atoms with Crippen molar-refractivity contribution in [3.63, 3.8) is 0 Å². The maximum absolute atomic E-state index is 12.8. The number of rotatable bonds is 1. The predicted molar refractivity (Wildman–Crippen MR) is 50.4 cm³/mol. The van der Waals surface area contributed by atoms with Gasteiger partial charge in [0, 0.05) is 20.0 Å². The first-order chi connectivity index (χ1) is 8.57. The van der Waals surface area contributed by atoms with Crippen LogP contribution in [0.15, 0.2) is 4.42 Å². The smallest absolute Gasteiger partial charge is 0.404 e. The van der Waals surface area contributed by atoms with Crippen molar-refractivity contribution in [2.45, 2.75) is 25.7 Å². The van der Waals surface area contributed by atoms with Crippen molar-refractivity contribution in [2.24, 2.45) is 5.41 Å². The summed E-state index contributed by atoms with van der Waals surface area (Å²) in [5, 5.41) is 6.81. The van der Waals surface area contributed by atoms with Crippen LogP contribution in [-0.2, 0) is 0 Å². The molecule has 2 rings (SSSR count). The Labute approximate surface area is 103 Å². The molecule has 108 valence electrons. The van der Waals surface area contributed by atoms with Gasteiger partial charge in [0.05, 0.1) is 0 Å². The summed E-state index contributed by atoms with van der Waals surface area (Å²) in [4.78, 5) is 0.807. The van der Waals surface area contributed by atoms with Crippen LogP contribution in [0.2, 0.25) is 0 Å². The number of hydrogen-bond donors (Lipinski definition) is 0. The normalized spacial score (nSPS) is 20.1. The van der Waals surface area contributed by atoms with Crippen LogP contribution in [0.4, 0.5) is 32.4 Å². The van der Waals surface area contributed by atoms with Gasteiger partial charge in [-0.1, -0.05) is 5.10 Å². The Morgan fingerprint density at radius 2 is 1.68 bits per heavy atom. The van der Waals surface area contributed by atoms with Crippen molar-refractivity contribution in [3.8, 4) is 0 Å². The summed E-state index contributed by atoms with van der Waals surface area (Å²) in [5.41, 5.74) is -3.75. The summed E-state index contributed by atoms with van der Waals surface area (Å²) in [6.45, 7) is -0.310. The highest BCUT2D eigenvalue weighted by atomic mass is 19.4. The van der Waals surface area contributed by atoms with Crippen molar-refractivity contribution in [3.05, 3.63) is 5.89 Å². The summed E-state index contributed by atoms with van der Waals surface area (Å²) in [6.07, 6.45) is -11.8. The first-order valence-electron chi connectivity index (χ1n) is 5.25. The van der Waals surface area contributed by atoms with Gasteiger partial charge in [-0.05, 0) is 6.42 Å². The van der Waals surface area contributed by atoms with Gasteiger partial charge in [0.2, 0.25) is 5.89 Å². The van der Waals surface area contributed by atoms with E-state index in [9.17, 15) is 26.3 Å². The van der Waals surface area contributed by atoms with Crippen LogP contribution < -0.4 is 4.90 Å². The highest BCUT2D eigenvalue weighted by molar-refractivity contribution is 5.29. The average Bonchev–Trinajstić information content (AvgIpc) is 2.80. The predicted octanol–water partition coefficient (Wildman–Crippen LogP) is 2.70. The van der Waals surface area contributed by atoms with E-state index in [4.69, 9.17) is 4.42 Å². The summed E-state index contributed by atoms with van der Waals surface area (Å²) < 4.78 is 81.6. The van der Waals surface area contributed by atoms with E-state index in [1.165, 1.54) is 6.92 Å². The van der Waals surface area contributed by atoms with Crippen LogP contribution in [0.1, 0.15) is 12.3 Å². The van der Waals surface area contributed by atoms with Crippen LogP contribution in [-0.4, -0.2) is 35.6 Å². The molecule has 0 amide bonds. The summed E-state index contributed by atoms with van der Waals surface area (Å²) >= 11 is 0. The van der Waals surface area contributed by atoms with Gasteiger partial charge in [0.25, 0.3) is 0 Å². The van der Waals surface area contributed by atoms with E-state index in [1.807, 2.05) is 0 Å². The fraction of sp³-hybridized carbons (Fsp3) is 0.778. The first-order valence-corrected chi connectivity index (χ1v) is 5.25. The van der Waals surface area contributed by atoms with Crippen LogP contribution in [0, 0.1) is 12.3 Å². The standard InChI is InChI=1S/C9H9F6N3O/c1-5-16-17-6(19-5)18-3-2-7(4-18,8(10,11)12)9(13,14)15/h2-4H2,1H3. The Hall–Kier alpha value is -1.48. The first kappa shape index (κ1) is 13.9. The second kappa shape index (κ2) is 4.01. The van der Waals surface area contributed by atoms with Gasteiger partial charge < -0.3 is 9.32 Å². The quantitative estimate of drug-likeness (QED) is 0.745. The SMILES string of the molecule is Cc1nnc(N2CCC(C(F)(F)F)(C(F)(F)F)C2)o1. The lowest BCUT2D eigenvalue weighted by Crippen LogP contribution is -2.51. The molecule has 1 aliphatic heterocycles. The molecule has 1 fully saturated rings. The highest BCUT2D eigenvalue weighted by Crippen LogP contribution is 2.55. The van der Waals surface area contributed by atoms with Crippen LogP contribution in [0.25, 0.3) is 0 Å². The molecule has 0 unspecified atom stereocenters. The Morgan fingerprint density at radius 3 is 2.05 bits per heavy atom. The molecule has 2 heterocycles. The molecule has 0 atom stereocenters. The van der Waals surface area contributed by atoms with Crippen LogP contribution in [0.5, 0.6) is 0 Å². The van der Waals surface area contributed by atoms with E-state index >= 15 is 0 Å². The van der Waals surface area contributed by atoms with E-state index < -0.39 is 37.3 Å². The van der Waals surface area contributed by atoms with Gasteiger partial charge in [-0.25, -0.2) is 0 Å². The fourth-order valence-corrected chi connectivity index (χ4v) is 2.01. The zero-order valence-corrected chi connectivity index (χ0v) is 9.64. The molecule has 0 saturated carbocycles. The number of hydrogen-bond acceptors (Lipinski definition) is 4. The lowest BCUT2D eigenvalue weighted by molar-refractivity contribution is -0.332. The van der Waals surface area contributed by atoms with Gasteiger partial charge in [-0.15, -0.1) is 5.10 Å². The average molecular weight is 289 g/mol. The fourth-order valence-electron chi connectivity index (χ4n) is 2.01. The van der Waals surface area contributed by atoms with Crippen molar-refractivity contribution in [2.75, 3.05) is 18.0 Å². The molecule has 0 N–H and O–H groups in total. The monoisotopic (exact) mass is 289 g/mol. The van der Waals surface area contributed by atoms with Gasteiger partial charge in [0.1, 0.15) is 0 Å². The molecule has 1 aromatic rings. The van der Waals surface area contributed by atoms with Crippen molar-refractivity contribution < 1.29 is 30.8 Å². The van der Waals surface area contributed by atoms with Crippen molar-refractivity contribution in [1.82, 2.24) is 10.2 Å². The lowest BCUT2D eigenvalue weighted by Gasteiger charge is -2.33. The highest BCUT2D eigenvalue weighted by Gasteiger charge is 2.72. The van der Waals surface area contributed by atoms with E-state index in [1.54, 1.807) is 0 Å². The number of halogens is 6. The van der Waals surface area contributed by atoms with E-state index in [2.05, 4.69) is 10.2 Å². The van der Waals surface area contributed by atoms with E-state index in [0.29, 0.717) is 0 Å². The second-order valence-corrected chi connectivity index (χ2v) is 4.35. The summed E-state index contributed by atoms with van der Waals surface area (Å²) in [7, 11) is 0. The molecular weight excluding hydrogens is 280 g/mol. The van der Waals surface area contributed by atoms with Crippen molar-refractivity contribution >= 4 is 6.01 Å². The number of aromatic nitrogens is 2. The maximum atomic E-state index is 12.8. The Balaban J connectivity index is 2.31. The van der Waals surface area contributed by atoms with Gasteiger partial charge >= 0.3 is 18.4 Å². The number of nitrogens with zero attached hydrogens (tertiary/aromatic N) is 3. The second-order valence-electron chi connectivity index (χ2n) is 4.35. The largest absolute Gasteiger partial charge is 0.408 e. The molecule has 0 spiro atoms. The molecule has 0 bridgehead atoms. The molecular formula is C9H9F6N3O. The van der Waals surface area contributed by atoms with E-state index in [0.717, 1.165) is 4.90 Å². The van der Waals surface area contributed by atoms with Crippen LogP contribution >= 0.6 is 0 Å². The zero-order valence-electron chi connectivity index (χ0n) is 9.64. The van der Waals surface area contributed by atoms with E-state index in [-0.39, 0.29) is 11.9 Å². The minimum atomic E-state index is -5.38. The van der Waals surface area contributed by atoms with Gasteiger partial charge in [0.15, 0.2) is 5.41 Å². The van der Waals surface area contributed by atoms with Gasteiger partial charge in [-0.3, -0.25) is 0 Å². The maximum Gasteiger partial charge on any atom is 0.404 e. The molecule has 4 nitrogen and oxygen atoms in total. The Bertz CT molecular complexity index is 451. The minimum Gasteiger partial charge on any atom is -0.408 e. The molecule has 1 aromatic heterocycles.